The van der Waals surface area contributed by atoms with E-state index < -0.39 is 0 Å². The molecule has 1 aromatic heterocycles. The van der Waals surface area contributed by atoms with Gasteiger partial charge in [0.1, 0.15) is 0 Å². The van der Waals surface area contributed by atoms with Crippen LogP contribution in [0.4, 0.5) is 0 Å². The molecule has 1 atom stereocenters. The number of halogens is 1. The van der Waals surface area contributed by atoms with E-state index in [1.54, 1.807) is 11.3 Å². The van der Waals surface area contributed by atoms with E-state index in [0.29, 0.717) is 0 Å². The molecule has 1 N–H and O–H groups in total. The van der Waals surface area contributed by atoms with Crippen LogP contribution in [0, 0.1) is 0 Å². The van der Waals surface area contributed by atoms with Crippen LogP contribution in [0.5, 0.6) is 0 Å². The van der Waals surface area contributed by atoms with E-state index in [1.807, 2.05) is 35.7 Å². The molecule has 1 aromatic carbocycles. The van der Waals surface area contributed by atoms with Gasteiger partial charge in [0.15, 0.2) is 0 Å². The molecular formula is C14H15ClOS. The van der Waals surface area contributed by atoms with Crippen molar-refractivity contribution in [3.05, 3.63) is 57.2 Å². The number of aliphatic hydroxyl groups excluding tert-OH is 1. The Morgan fingerprint density at radius 1 is 1.29 bits per heavy atom. The Hall–Kier alpha value is -0.830. The van der Waals surface area contributed by atoms with Gasteiger partial charge in [-0.2, -0.15) is 0 Å². The molecule has 0 bridgehead atoms. The highest BCUT2D eigenvalue weighted by molar-refractivity contribution is 7.10. The van der Waals surface area contributed by atoms with Crippen molar-refractivity contribution >= 4 is 22.9 Å². The van der Waals surface area contributed by atoms with E-state index >= 15 is 0 Å². The van der Waals surface area contributed by atoms with E-state index in [-0.39, 0.29) is 12.0 Å². The van der Waals surface area contributed by atoms with E-state index in [1.165, 1.54) is 4.88 Å². The lowest BCUT2D eigenvalue weighted by molar-refractivity contribution is 0.207. The van der Waals surface area contributed by atoms with Crippen LogP contribution in [0.2, 0.25) is 5.02 Å². The lowest BCUT2D eigenvalue weighted by Gasteiger charge is -2.26. The molecule has 3 heteroatoms. The zero-order valence-electron chi connectivity index (χ0n) is 9.69. The second-order valence-corrected chi connectivity index (χ2v) is 5.89. The molecule has 0 fully saturated rings. The second-order valence-electron chi connectivity index (χ2n) is 4.50. The molecule has 17 heavy (non-hydrogen) atoms. The predicted molar refractivity (Wildman–Crippen MR) is 73.9 cm³/mol. The van der Waals surface area contributed by atoms with Gasteiger partial charge in [0.05, 0.1) is 6.61 Å². The molecular weight excluding hydrogens is 252 g/mol. The number of thiophene rings is 1. The first-order valence-corrected chi connectivity index (χ1v) is 6.79. The average molecular weight is 267 g/mol. The molecule has 0 radical (unpaired) electrons. The number of benzene rings is 1. The zero-order valence-corrected chi connectivity index (χ0v) is 11.3. The van der Waals surface area contributed by atoms with Gasteiger partial charge >= 0.3 is 0 Å². The number of aliphatic hydroxyl groups is 1. The molecule has 0 aliphatic rings. The van der Waals surface area contributed by atoms with Crippen LogP contribution < -0.4 is 0 Å². The van der Waals surface area contributed by atoms with Gasteiger partial charge in [-0.1, -0.05) is 36.7 Å². The molecule has 1 unspecified atom stereocenters. The maximum absolute atomic E-state index is 9.66. The van der Waals surface area contributed by atoms with Gasteiger partial charge in [-0.15, -0.1) is 11.3 Å². The maximum Gasteiger partial charge on any atom is 0.0536 e. The summed E-state index contributed by atoms with van der Waals surface area (Å²) >= 11 is 7.67. The molecule has 2 rings (SSSR count). The summed E-state index contributed by atoms with van der Waals surface area (Å²) in [6.07, 6.45) is 0.796. The van der Waals surface area contributed by atoms with Gasteiger partial charge in [0, 0.05) is 15.3 Å². The molecule has 1 heterocycles. The first-order chi connectivity index (χ1) is 8.14. The molecule has 0 saturated heterocycles. The second kappa shape index (κ2) is 5.21. The lowest BCUT2D eigenvalue weighted by Crippen LogP contribution is -2.28. The van der Waals surface area contributed by atoms with Crippen LogP contribution in [-0.4, -0.2) is 11.7 Å². The van der Waals surface area contributed by atoms with Crippen molar-refractivity contribution < 1.29 is 5.11 Å². The first kappa shape index (κ1) is 12.6. The summed E-state index contributed by atoms with van der Waals surface area (Å²) < 4.78 is 0. The predicted octanol–water partition coefficient (Wildman–Crippen LogP) is 3.89. The highest BCUT2D eigenvalue weighted by atomic mass is 35.5. The topological polar surface area (TPSA) is 20.2 Å². The molecule has 0 aliphatic carbocycles. The number of hydrogen-bond acceptors (Lipinski definition) is 2. The van der Waals surface area contributed by atoms with E-state index in [0.717, 1.165) is 17.0 Å². The normalized spacial score (nSPS) is 14.5. The van der Waals surface area contributed by atoms with Crippen molar-refractivity contribution in [3.63, 3.8) is 0 Å². The molecule has 1 nitrogen and oxygen atoms in total. The Kier molecular flexibility index (Phi) is 3.87. The van der Waals surface area contributed by atoms with Crippen LogP contribution in [0.15, 0.2) is 41.8 Å². The van der Waals surface area contributed by atoms with Crippen molar-refractivity contribution in [1.29, 1.82) is 0 Å². The molecule has 0 aliphatic heterocycles. The summed E-state index contributed by atoms with van der Waals surface area (Å²) in [6.45, 7) is 2.22. The summed E-state index contributed by atoms with van der Waals surface area (Å²) in [5, 5.41) is 12.4. The minimum absolute atomic E-state index is 0.139. The average Bonchev–Trinajstić information content (AvgIpc) is 2.83. The van der Waals surface area contributed by atoms with Gasteiger partial charge in [-0.25, -0.2) is 0 Å². The van der Waals surface area contributed by atoms with Crippen molar-refractivity contribution in [2.24, 2.45) is 0 Å². The smallest absolute Gasteiger partial charge is 0.0536 e. The van der Waals surface area contributed by atoms with Crippen LogP contribution in [0.25, 0.3) is 0 Å². The third-order valence-electron chi connectivity index (χ3n) is 2.95. The van der Waals surface area contributed by atoms with E-state index in [2.05, 4.69) is 13.0 Å². The lowest BCUT2D eigenvalue weighted by atomic mass is 9.83. The van der Waals surface area contributed by atoms with Gasteiger partial charge in [0.2, 0.25) is 0 Å². The van der Waals surface area contributed by atoms with Crippen LogP contribution in [-0.2, 0) is 11.8 Å². The van der Waals surface area contributed by atoms with Gasteiger partial charge in [-0.05, 0) is 35.6 Å². The first-order valence-electron chi connectivity index (χ1n) is 5.53. The fourth-order valence-corrected chi connectivity index (χ4v) is 3.04. The molecule has 0 saturated carbocycles. The molecule has 0 spiro atoms. The maximum atomic E-state index is 9.66. The van der Waals surface area contributed by atoms with Crippen molar-refractivity contribution in [2.45, 2.75) is 18.8 Å². The Bertz CT molecular complexity index is 481. The minimum atomic E-state index is -0.223. The van der Waals surface area contributed by atoms with Crippen molar-refractivity contribution in [2.75, 3.05) is 6.61 Å². The molecule has 0 amide bonds. The van der Waals surface area contributed by atoms with E-state index in [4.69, 9.17) is 11.6 Å². The van der Waals surface area contributed by atoms with Gasteiger partial charge in [-0.3, -0.25) is 0 Å². The van der Waals surface area contributed by atoms with Crippen LogP contribution in [0.1, 0.15) is 17.4 Å². The SMILES string of the molecule is CC(CO)(Cc1cccc(Cl)c1)c1cccs1. The number of rotatable bonds is 4. The summed E-state index contributed by atoms with van der Waals surface area (Å²) in [6, 6.07) is 11.9. The third kappa shape index (κ3) is 2.89. The summed E-state index contributed by atoms with van der Waals surface area (Å²) in [5.41, 5.74) is 0.932. The number of hydrogen-bond donors (Lipinski definition) is 1. The Balaban J connectivity index is 2.26. The third-order valence-corrected chi connectivity index (χ3v) is 4.36. The monoisotopic (exact) mass is 266 g/mol. The molecule has 2 aromatic rings. The minimum Gasteiger partial charge on any atom is -0.395 e. The summed E-state index contributed by atoms with van der Waals surface area (Å²) in [4.78, 5) is 1.21. The Morgan fingerprint density at radius 3 is 2.71 bits per heavy atom. The van der Waals surface area contributed by atoms with Crippen LogP contribution in [0.3, 0.4) is 0 Å². The summed E-state index contributed by atoms with van der Waals surface area (Å²) in [7, 11) is 0. The quantitative estimate of drug-likeness (QED) is 0.890. The Labute approximate surface area is 111 Å². The fourth-order valence-electron chi connectivity index (χ4n) is 1.94. The van der Waals surface area contributed by atoms with E-state index in [9.17, 15) is 5.11 Å². The standard InChI is InChI=1S/C14H15ClOS/c1-14(10-16,13-6-3-7-17-13)9-11-4-2-5-12(15)8-11/h2-8,16H,9-10H2,1H3. The van der Waals surface area contributed by atoms with Crippen LogP contribution >= 0.6 is 22.9 Å². The van der Waals surface area contributed by atoms with Gasteiger partial charge in [0.25, 0.3) is 0 Å². The highest BCUT2D eigenvalue weighted by Gasteiger charge is 2.27. The highest BCUT2D eigenvalue weighted by Crippen LogP contribution is 2.31. The summed E-state index contributed by atoms with van der Waals surface area (Å²) in [5.74, 6) is 0. The van der Waals surface area contributed by atoms with Gasteiger partial charge < -0.3 is 5.11 Å². The zero-order chi connectivity index (χ0) is 12.3. The Morgan fingerprint density at radius 2 is 2.12 bits per heavy atom. The molecule has 90 valence electrons. The van der Waals surface area contributed by atoms with Crippen molar-refractivity contribution in [3.8, 4) is 0 Å². The largest absolute Gasteiger partial charge is 0.395 e. The fraction of sp³-hybridized carbons (Fsp3) is 0.286. The van der Waals surface area contributed by atoms with Crippen molar-refractivity contribution in [1.82, 2.24) is 0 Å².